The number of benzene rings is 2. The van der Waals surface area contributed by atoms with Crippen molar-refractivity contribution in [2.45, 2.75) is 26.3 Å². The van der Waals surface area contributed by atoms with Crippen LogP contribution in [0.1, 0.15) is 24.5 Å². The fraction of sp³-hybridized carbons (Fsp3) is 0.217. The highest BCUT2D eigenvalue weighted by atomic mass is 16.1. The molecule has 0 atom stereocenters. The molecule has 0 spiro atoms. The van der Waals surface area contributed by atoms with Gasteiger partial charge in [0.15, 0.2) is 0 Å². The average molecular weight is 413 g/mol. The van der Waals surface area contributed by atoms with Gasteiger partial charge in [-0.05, 0) is 30.5 Å². The number of hydrogen-bond acceptors (Lipinski definition) is 6. The lowest BCUT2D eigenvalue weighted by Gasteiger charge is -2.21. The minimum absolute atomic E-state index is 0.199. The minimum Gasteiger partial charge on any atom is -0.370 e. The van der Waals surface area contributed by atoms with Gasteiger partial charge in [-0.15, -0.1) is 0 Å². The van der Waals surface area contributed by atoms with E-state index in [2.05, 4.69) is 33.1 Å². The van der Waals surface area contributed by atoms with Crippen LogP contribution in [0.15, 0.2) is 54.6 Å². The van der Waals surface area contributed by atoms with Gasteiger partial charge in [0, 0.05) is 25.6 Å². The molecule has 0 unspecified atom stereocenters. The van der Waals surface area contributed by atoms with Crippen molar-refractivity contribution in [1.29, 1.82) is 0 Å². The van der Waals surface area contributed by atoms with E-state index in [1.165, 1.54) is 12.5 Å². The summed E-state index contributed by atoms with van der Waals surface area (Å²) in [7, 11) is 0. The number of amides is 1. The lowest BCUT2D eigenvalue weighted by atomic mass is 10.1. The zero-order chi connectivity index (χ0) is 21.2. The van der Waals surface area contributed by atoms with E-state index in [0.717, 1.165) is 47.6 Å². The molecule has 0 radical (unpaired) electrons. The highest BCUT2D eigenvalue weighted by molar-refractivity contribution is 5.90. The highest BCUT2D eigenvalue weighted by Gasteiger charge is 2.21. The van der Waals surface area contributed by atoms with Gasteiger partial charge < -0.3 is 10.6 Å². The smallest absolute Gasteiger partial charge is 0.241 e. The molecule has 0 fully saturated rings. The first-order valence-corrected chi connectivity index (χ1v) is 10.4. The fourth-order valence-corrected chi connectivity index (χ4v) is 3.82. The first kappa shape index (κ1) is 19.0. The number of nitrogens with zero attached hydrogens (tertiary/aromatic N) is 4. The Kier molecular flexibility index (Phi) is 4.95. The van der Waals surface area contributed by atoms with Crippen LogP contribution in [-0.4, -0.2) is 32.0 Å². The van der Waals surface area contributed by atoms with Gasteiger partial charge in [0.1, 0.15) is 11.6 Å². The minimum atomic E-state index is -0.199. The highest BCUT2D eigenvalue weighted by Crippen LogP contribution is 2.30. The van der Waals surface area contributed by atoms with E-state index in [4.69, 9.17) is 9.97 Å². The Balaban J connectivity index is 1.62. The third-order valence-corrected chi connectivity index (χ3v) is 5.24. The maximum absolute atomic E-state index is 11.8. The lowest BCUT2D eigenvalue weighted by molar-refractivity contribution is -0.114. The number of rotatable bonds is 5. The Morgan fingerprint density at radius 1 is 1.06 bits per heavy atom. The van der Waals surface area contributed by atoms with Gasteiger partial charge in [0.05, 0.1) is 11.0 Å². The van der Waals surface area contributed by atoms with Crippen molar-refractivity contribution in [3.63, 3.8) is 0 Å². The molecule has 0 saturated heterocycles. The molecule has 8 heteroatoms. The molecule has 0 aliphatic carbocycles. The molecule has 1 aliphatic rings. The zero-order valence-electron chi connectivity index (χ0n) is 17.2. The summed E-state index contributed by atoms with van der Waals surface area (Å²) in [5.74, 6) is 2.27. The molecule has 3 N–H and O–H groups in total. The third-order valence-electron chi connectivity index (χ3n) is 5.24. The number of imidazole rings is 1. The Labute approximate surface area is 179 Å². The molecule has 0 bridgehead atoms. The number of aromatic nitrogens is 4. The molecule has 4 aromatic rings. The molecule has 1 aliphatic heterocycles. The van der Waals surface area contributed by atoms with E-state index >= 15 is 0 Å². The molecular formula is C23H23N7O. The van der Waals surface area contributed by atoms with Crippen molar-refractivity contribution < 1.29 is 4.79 Å². The first-order chi connectivity index (χ1) is 15.2. The topological polar surface area (TPSA) is 96.8 Å². The van der Waals surface area contributed by atoms with E-state index in [-0.39, 0.29) is 5.91 Å². The van der Waals surface area contributed by atoms with Crippen molar-refractivity contribution in [1.82, 2.24) is 19.5 Å². The number of fused-ring (bicyclic) bond motifs is 2. The Morgan fingerprint density at radius 3 is 2.71 bits per heavy atom. The number of para-hydroxylation sites is 2. The molecule has 156 valence electrons. The summed E-state index contributed by atoms with van der Waals surface area (Å²) >= 11 is 0. The summed E-state index contributed by atoms with van der Waals surface area (Å²) in [6.07, 6.45) is 1.93. The van der Waals surface area contributed by atoms with E-state index < -0.39 is 0 Å². The zero-order valence-corrected chi connectivity index (χ0v) is 17.2. The van der Waals surface area contributed by atoms with Crippen LogP contribution >= 0.6 is 0 Å². The molecule has 3 heterocycles. The Bertz CT molecular complexity index is 1250. The van der Waals surface area contributed by atoms with Crippen LogP contribution in [0.4, 0.5) is 17.6 Å². The molecule has 2 aromatic carbocycles. The van der Waals surface area contributed by atoms with Crippen molar-refractivity contribution in [3.8, 4) is 5.95 Å². The van der Waals surface area contributed by atoms with Crippen LogP contribution in [0.2, 0.25) is 0 Å². The molecule has 0 saturated carbocycles. The van der Waals surface area contributed by atoms with Gasteiger partial charge in [-0.2, -0.15) is 9.97 Å². The number of hydrogen-bond donors (Lipinski definition) is 3. The SMILES string of the molecule is CC(=O)Nc1nc2ccccc2n1-c1nc2c(c(NCc3ccccc3)n1)CCCN2. The van der Waals surface area contributed by atoms with Gasteiger partial charge in [0.25, 0.3) is 0 Å². The standard InChI is InChI=1S/C23H23N7O/c1-15(31)26-22-27-18-11-5-6-12-19(18)30(22)23-28-20-17(10-7-13-24-20)21(29-23)25-14-16-8-3-2-4-9-16/h2-6,8-9,11-12H,7,10,13-14H2,1H3,(H,26,27,31)(H2,24,25,28,29). The quantitative estimate of drug-likeness (QED) is 0.461. The number of nitrogens with one attached hydrogen (secondary N) is 3. The maximum Gasteiger partial charge on any atom is 0.241 e. The maximum atomic E-state index is 11.8. The summed E-state index contributed by atoms with van der Waals surface area (Å²) in [5, 5.41) is 9.70. The summed E-state index contributed by atoms with van der Waals surface area (Å²) in [6, 6.07) is 17.9. The van der Waals surface area contributed by atoms with Crippen LogP contribution in [-0.2, 0) is 17.8 Å². The van der Waals surface area contributed by atoms with Crippen molar-refractivity contribution in [2.24, 2.45) is 0 Å². The Morgan fingerprint density at radius 2 is 1.87 bits per heavy atom. The number of carbonyl (C=O) groups is 1. The van der Waals surface area contributed by atoms with Crippen molar-refractivity contribution in [3.05, 3.63) is 65.7 Å². The van der Waals surface area contributed by atoms with Crippen LogP contribution in [0, 0.1) is 0 Å². The van der Waals surface area contributed by atoms with Gasteiger partial charge in [0.2, 0.25) is 17.8 Å². The van der Waals surface area contributed by atoms with Gasteiger partial charge in [-0.25, -0.2) is 9.55 Å². The predicted octanol–water partition coefficient (Wildman–Crippen LogP) is 3.74. The van der Waals surface area contributed by atoms with Gasteiger partial charge in [-0.1, -0.05) is 42.5 Å². The lowest BCUT2D eigenvalue weighted by Crippen LogP contribution is -2.20. The van der Waals surface area contributed by atoms with Gasteiger partial charge in [-0.3, -0.25) is 10.1 Å². The molecule has 8 nitrogen and oxygen atoms in total. The van der Waals surface area contributed by atoms with E-state index in [0.29, 0.717) is 18.4 Å². The second-order valence-corrected chi connectivity index (χ2v) is 7.51. The molecule has 31 heavy (non-hydrogen) atoms. The van der Waals surface area contributed by atoms with E-state index in [9.17, 15) is 4.79 Å². The summed E-state index contributed by atoms with van der Waals surface area (Å²) in [5.41, 5.74) is 3.85. The normalized spacial score (nSPS) is 12.8. The number of carbonyl (C=O) groups excluding carboxylic acids is 1. The second kappa shape index (κ2) is 8.06. The monoisotopic (exact) mass is 413 g/mol. The molecular weight excluding hydrogens is 390 g/mol. The summed E-state index contributed by atoms with van der Waals surface area (Å²) in [4.78, 5) is 26.0. The predicted molar refractivity (Wildman–Crippen MR) is 122 cm³/mol. The second-order valence-electron chi connectivity index (χ2n) is 7.51. The Hall–Kier alpha value is -3.94. The molecule has 1 amide bonds. The molecule has 5 rings (SSSR count). The van der Waals surface area contributed by atoms with Crippen LogP contribution in [0.5, 0.6) is 0 Å². The van der Waals surface area contributed by atoms with Crippen LogP contribution in [0.3, 0.4) is 0 Å². The van der Waals surface area contributed by atoms with E-state index in [1.807, 2.05) is 42.5 Å². The largest absolute Gasteiger partial charge is 0.370 e. The third kappa shape index (κ3) is 3.79. The summed E-state index contributed by atoms with van der Waals surface area (Å²) in [6.45, 7) is 2.99. The first-order valence-electron chi connectivity index (χ1n) is 10.4. The fourth-order valence-electron chi connectivity index (χ4n) is 3.82. The van der Waals surface area contributed by atoms with Crippen LogP contribution in [0.25, 0.3) is 17.0 Å². The van der Waals surface area contributed by atoms with Crippen molar-refractivity contribution >= 4 is 34.5 Å². The number of anilines is 3. The summed E-state index contributed by atoms with van der Waals surface area (Å²) < 4.78 is 1.79. The molecule has 2 aromatic heterocycles. The van der Waals surface area contributed by atoms with Crippen LogP contribution < -0.4 is 16.0 Å². The average Bonchev–Trinajstić information content (AvgIpc) is 3.15. The van der Waals surface area contributed by atoms with Gasteiger partial charge >= 0.3 is 0 Å². The van der Waals surface area contributed by atoms with E-state index in [1.54, 1.807) is 4.57 Å². The van der Waals surface area contributed by atoms with Crippen molar-refractivity contribution in [2.75, 3.05) is 22.5 Å².